The van der Waals surface area contributed by atoms with Gasteiger partial charge < -0.3 is 24.6 Å². The van der Waals surface area contributed by atoms with Gasteiger partial charge in [-0.3, -0.25) is 4.79 Å². The van der Waals surface area contributed by atoms with E-state index in [2.05, 4.69) is 60.2 Å². The molecule has 1 amide bonds. The summed E-state index contributed by atoms with van der Waals surface area (Å²) in [5.74, 6) is 0.663. The fourth-order valence-corrected chi connectivity index (χ4v) is 10.0. The van der Waals surface area contributed by atoms with Gasteiger partial charge in [0.05, 0.1) is 36.9 Å². The number of aryl methyl sites for hydroxylation is 1. The van der Waals surface area contributed by atoms with Crippen molar-refractivity contribution in [2.75, 3.05) is 29.4 Å². The van der Waals surface area contributed by atoms with E-state index >= 15 is 0 Å². The number of amides is 1. The molecule has 1 unspecified atom stereocenters. The maximum absolute atomic E-state index is 14.1. The molecule has 8 rings (SSSR count). The summed E-state index contributed by atoms with van der Waals surface area (Å²) in [5, 5.41) is 3.28. The first-order valence-electron chi connectivity index (χ1n) is 17.7. The highest BCUT2D eigenvalue weighted by atomic mass is 35.5. The molecule has 5 aliphatic heterocycles. The van der Waals surface area contributed by atoms with E-state index in [1.54, 1.807) is 0 Å². The zero-order valence-electron chi connectivity index (χ0n) is 29.7. The molecule has 3 aromatic carbocycles. The number of fused-ring (bicyclic) bond motifs is 8. The average molecular weight is 770 g/mol. The van der Waals surface area contributed by atoms with Gasteiger partial charge in [-0.1, -0.05) is 52.5 Å². The van der Waals surface area contributed by atoms with Gasteiger partial charge in [-0.15, -0.1) is 0 Å². The molecule has 3 aromatic rings. The Morgan fingerprint density at radius 2 is 1.69 bits per heavy atom. The van der Waals surface area contributed by atoms with Gasteiger partial charge in [0.1, 0.15) is 11.5 Å². The highest BCUT2D eigenvalue weighted by Gasteiger charge is 2.58. The van der Waals surface area contributed by atoms with Gasteiger partial charge in [0.15, 0.2) is 5.60 Å². The van der Waals surface area contributed by atoms with Crippen molar-refractivity contribution in [3.63, 3.8) is 0 Å². The first-order chi connectivity index (χ1) is 24.0. The Kier molecular flexibility index (Phi) is 8.20. The molecule has 1 spiro atoms. The lowest BCUT2D eigenvalue weighted by Gasteiger charge is -2.48. The maximum atomic E-state index is 14.1. The van der Waals surface area contributed by atoms with Crippen LogP contribution in [-0.4, -0.2) is 42.6 Å². The number of esters is 1. The van der Waals surface area contributed by atoms with E-state index in [1.807, 2.05) is 20.8 Å². The van der Waals surface area contributed by atoms with E-state index in [9.17, 15) is 9.59 Å². The molecule has 1 N–H and O–H groups in total. The van der Waals surface area contributed by atoms with E-state index in [0.29, 0.717) is 47.6 Å². The van der Waals surface area contributed by atoms with Crippen molar-refractivity contribution >= 4 is 75.2 Å². The number of rotatable bonds is 4. The highest BCUT2D eigenvalue weighted by molar-refractivity contribution is 6.53. The van der Waals surface area contributed by atoms with Crippen LogP contribution in [-0.2, 0) is 28.0 Å². The van der Waals surface area contributed by atoms with Crippen molar-refractivity contribution in [2.45, 2.75) is 96.7 Å². The monoisotopic (exact) mass is 767 g/mol. The lowest BCUT2D eigenvalue weighted by atomic mass is 9.73. The third kappa shape index (κ3) is 5.27. The minimum Gasteiger partial charge on any atom is -0.456 e. The molecular formula is C40H41Cl4N3O4. The third-order valence-corrected chi connectivity index (χ3v) is 12.7. The maximum Gasteiger partial charge on any atom is 0.341 e. The number of ether oxygens (including phenoxy) is 2. The lowest BCUT2D eigenvalue weighted by Crippen LogP contribution is -2.48. The van der Waals surface area contributed by atoms with Crippen LogP contribution in [0.15, 0.2) is 24.3 Å². The topological polar surface area (TPSA) is 71.1 Å². The van der Waals surface area contributed by atoms with Gasteiger partial charge in [-0.25, -0.2) is 4.79 Å². The number of halogens is 4. The normalized spacial score (nSPS) is 20.8. The second-order valence-electron chi connectivity index (χ2n) is 16.0. The molecule has 5 heterocycles. The fraction of sp³-hybridized carbons (Fsp3) is 0.450. The van der Waals surface area contributed by atoms with Crippen LogP contribution in [0, 0.1) is 0 Å². The molecule has 268 valence electrons. The predicted octanol–water partition coefficient (Wildman–Crippen LogP) is 10.3. The summed E-state index contributed by atoms with van der Waals surface area (Å²) in [6.45, 7) is 15.1. The third-order valence-electron chi connectivity index (χ3n) is 10.9. The largest absolute Gasteiger partial charge is 0.456 e. The van der Waals surface area contributed by atoms with Gasteiger partial charge in [0, 0.05) is 71.2 Å². The minimum absolute atomic E-state index is 0.0121. The van der Waals surface area contributed by atoms with Crippen molar-refractivity contribution in [1.29, 1.82) is 0 Å². The number of benzene rings is 3. The van der Waals surface area contributed by atoms with Crippen molar-refractivity contribution < 1.29 is 19.1 Å². The first-order valence-corrected chi connectivity index (χ1v) is 19.2. The number of anilines is 2. The molecule has 0 radical (unpaired) electrons. The molecule has 11 heteroatoms. The quantitative estimate of drug-likeness (QED) is 0.162. The van der Waals surface area contributed by atoms with Gasteiger partial charge in [0.2, 0.25) is 5.91 Å². The van der Waals surface area contributed by atoms with Crippen molar-refractivity contribution in [3.05, 3.63) is 83.3 Å². The Bertz CT molecular complexity index is 2100. The summed E-state index contributed by atoms with van der Waals surface area (Å²) in [5.41, 5.74) is 6.48. The van der Waals surface area contributed by atoms with Crippen LogP contribution < -0.4 is 19.9 Å². The predicted molar refractivity (Wildman–Crippen MR) is 206 cm³/mol. The van der Waals surface area contributed by atoms with Gasteiger partial charge in [-0.2, -0.15) is 0 Å². The van der Waals surface area contributed by atoms with E-state index in [1.165, 1.54) is 0 Å². The smallest absolute Gasteiger partial charge is 0.341 e. The molecule has 0 aromatic heterocycles. The molecule has 0 fully saturated rings. The number of nitrogens with zero attached hydrogens (tertiary/aromatic N) is 2. The Labute approximate surface area is 319 Å². The van der Waals surface area contributed by atoms with Gasteiger partial charge in [-0.05, 0) is 96.9 Å². The van der Waals surface area contributed by atoms with Crippen LogP contribution in [0.3, 0.4) is 0 Å². The number of hydrogen-bond donors (Lipinski definition) is 1. The zero-order valence-corrected chi connectivity index (χ0v) is 32.7. The summed E-state index contributed by atoms with van der Waals surface area (Å²) < 4.78 is 13.7. The van der Waals surface area contributed by atoms with Crippen LogP contribution in [0.1, 0.15) is 111 Å². The number of nitrogens with one attached hydrogen (secondary N) is 1. The second-order valence-corrected chi connectivity index (χ2v) is 17.5. The molecular weight excluding hydrogens is 728 g/mol. The fourth-order valence-electron chi connectivity index (χ4n) is 8.94. The number of carbonyl (C=O) groups excluding carboxylic acids is 2. The zero-order chi connectivity index (χ0) is 36.4. The second kappa shape index (κ2) is 12.0. The number of hydrogen-bond acceptors (Lipinski definition) is 6. The highest BCUT2D eigenvalue weighted by Crippen LogP contribution is 2.64. The molecule has 1 atom stereocenters. The van der Waals surface area contributed by atoms with Crippen molar-refractivity contribution in [3.8, 4) is 11.5 Å². The summed E-state index contributed by atoms with van der Waals surface area (Å²) >= 11 is 27.3. The van der Waals surface area contributed by atoms with Crippen LogP contribution in [0.25, 0.3) is 5.57 Å². The first kappa shape index (κ1) is 35.0. The Morgan fingerprint density at radius 3 is 2.43 bits per heavy atom. The summed E-state index contributed by atoms with van der Waals surface area (Å²) in [6.07, 6.45) is 6.93. The van der Waals surface area contributed by atoms with E-state index in [-0.39, 0.29) is 42.6 Å². The molecule has 7 nitrogen and oxygen atoms in total. The molecule has 51 heavy (non-hydrogen) atoms. The molecule has 0 aliphatic carbocycles. The standard InChI is InChI=1S/C40H41Cl4N3O4/c1-20-19-39(5,6)47-15-8-11-22-35(47)23(20)17-25-36(22)50-27-18-26-21(10-7-13-46(26)14-9-12-28(48)45-38(2,3)4)16-24(27)40(25)30-29(37(49)51-40)31(41)33(43)34(44)32(30)42/h16-19H,7-15H2,1-6H3,(H,45,48). The van der Waals surface area contributed by atoms with E-state index in [4.69, 9.17) is 55.9 Å². The van der Waals surface area contributed by atoms with Crippen LogP contribution in [0.5, 0.6) is 11.5 Å². The molecule has 0 bridgehead atoms. The summed E-state index contributed by atoms with van der Waals surface area (Å²) in [4.78, 5) is 31.5. The Balaban J connectivity index is 1.34. The molecule has 0 saturated heterocycles. The summed E-state index contributed by atoms with van der Waals surface area (Å²) in [6, 6.07) is 6.29. The van der Waals surface area contributed by atoms with Crippen LogP contribution >= 0.6 is 46.4 Å². The van der Waals surface area contributed by atoms with Gasteiger partial charge in [0.25, 0.3) is 0 Å². The van der Waals surface area contributed by atoms with E-state index < -0.39 is 11.6 Å². The SMILES string of the molecule is CC1=CC(C)(C)N2CCCc3c4c(cc1c32)C1(OC(=O)c2c(Cl)c(Cl)c(Cl)c(Cl)c21)c1cc2c(cc1O4)N(CCCC(=O)NC(C)(C)C)CCC2. The molecule has 0 saturated carbocycles. The van der Waals surface area contributed by atoms with E-state index in [0.717, 1.165) is 72.4 Å². The minimum atomic E-state index is -1.49. The Hall–Kier alpha value is -3.10. The number of carbonyl (C=O) groups is 2. The average Bonchev–Trinajstić information content (AvgIpc) is 3.37. The van der Waals surface area contributed by atoms with Crippen LogP contribution in [0.2, 0.25) is 20.1 Å². The van der Waals surface area contributed by atoms with Crippen LogP contribution in [0.4, 0.5) is 11.4 Å². The van der Waals surface area contributed by atoms with Gasteiger partial charge >= 0.3 is 5.97 Å². The lowest BCUT2D eigenvalue weighted by molar-refractivity contribution is -0.122. The van der Waals surface area contributed by atoms with Crippen molar-refractivity contribution in [2.24, 2.45) is 0 Å². The number of allylic oxidation sites excluding steroid dienone is 1. The molecule has 5 aliphatic rings. The Morgan fingerprint density at radius 1 is 0.961 bits per heavy atom. The summed E-state index contributed by atoms with van der Waals surface area (Å²) in [7, 11) is 0. The van der Waals surface area contributed by atoms with Crippen molar-refractivity contribution in [1.82, 2.24) is 5.32 Å².